The van der Waals surface area contributed by atoms with Crippen molar-refractivity contribution in [1.82, 2.24) is 9.62 Å². The summed E-state index contributed by atoms with van der Waals surface area (Å²) < 4.78 is 27.7. The molecule has 1 amide bonds. The summed E-state index contributed by atoms with van der Waals surface area (Å²) in [6, 6.07) is 22.0. The average molecular weight is 481 g/mol. The Morgan fingerprint density at radius 3 is 1.85 bits per heavy atom. The number of amides is 1. The number of sulfonamides is 1. The smallest absolute Gasteiger partial charge is 0.326 e. The second-order valence-electron chi connectivity index (χ2n) is 8.13. The summed E-state index contributed by atoms with van der Waals surface area (Å²) in [7, 11) is -2.67. The van der Waals surface area contributed by atoms with E-state index in [9.17, 15) is 23.1 Å². The van der Waals surface area contributed by atoms with E-state index in [1.54, 1.807) is 60.7 Å². The van der Waals surface area contributed by atoms with Gasteiger partial charge in [-0.15, -0.1) is 0 Å². The van der Waals surface area contributed by atoms with Crippen LogP contribution >= 0.6 is 0 Å². The molecule has 0 fully saturated rings. The van der Waals surface area contributed by atoms with Gasteiger partial charge in [-0.2, -0.15) is 4.31 Å². The monoisotopic (exact) mass is 480 g/mol. The second-order valence-corrected chi connectivity index (χ2v) is 10.1. The molecule has 0 heterocycles. The summed E-state index contributed by atoms with van der Waals surface area (Å²) in [5, 5.41) is 12.3. The fourth-order valence-corrected chi connectivity index (χ4v) is 4.90. The maximum absolute atomic E-state index is 13.3. The number of aryl methyl sites for hydroxylation is 1. The highest BCUT2D eigenvalue weighted by Crippen LogP contribution is 2.20. The van der Waals surface area contributed by atoms with Gasteiger partial charge in [-0.05, 0) is 36.6 Å². The Morgan fingerprint density at radius 1 is 0.853 bits per heavy atom. The van der Waals surface area contributed by atoms with E-state index in [4.69, 9.17) is 0 Å². The van der Waals surface area contributed by atoms with Crippen LogP contribution in [0.3, 0.4) is 0 Å². The summed E-state index contributed by atoms with van der Waals surface area (Å²) >= 11 is 0. The lowest BCUT2D eigenvalue weighted by Crippen LogP contribution is -2.53. The van der Waals surface area contributed by atoms with Gasteiger partial charge < -0.3 is 10.4 Å². The van der Waals surface area contributed by atoms with Crippen molar-refractivity contribution in [1.29, 1.82) is 0 Å². The maximum Gasteiger partial charge on any atom is 0.326 e. The molecule has 34 heavy (non-hydrogen) atoms. The summed E-state index contributed by atoms with van der Waals surface area (Å²) in [4.78, 5) is 25.3. The maximum atomic E-state index is 13.3. The van der Waals surface area contributed by atoms with E-state index in [0.717, 1.165) is 21.0 Å². The highest BCUT2D eigenvalue weighted by Gasteiger charge is 2.35. The van der Waals surface area contributed by atoms with Crippen molar-refractivity contribution < 1.29 is 23.1 Å². The Balaban J connectivity index is 1.90. The van der Waals surface area contributed by atoms with Crippen LogP contribution in [0.2, 0.25) is 0 Å². The highest BCUT2D eigenvalue weighted by molar-refractivity contribution is 7.89. The minimum absolute atomic E-state index is 0.0607. The first-order chi connectivity index (χ1) is 16.2. The number of nitrogens with zero attached hydrogens (tertiary/aromatic N) is 1. The number of hydrogen-bond donors (Lipinski definition) is 2. The van der Waals surface area contributed by atoms with E-state index in [-0.39, 0.29) is 17.7 Å². The van der Waals surface area contributed by atoms with Gasteiger partial charge >= 0.3 is 5.97 Å². The first kappa shape index (κ1) is 25.1. The molecule has 3 aromatic carbocycles. The number of carbonyl (C=O) groups excluding carboxylic acids is 1. The van der Waals surface area contributed by atoms with Crippen molar-refractivity contribution in [2.75, 3.05) is 7.05 Å². The Kier molecular flexibility index (Phi) is 8.20. The molecule has 0 saturated carbocycles. The molecule has 3 aromatic rings. The molecule has 8 heteroatoms. The van der Waals surface area contributed by atoms with Crippen LogP contribution in [0.4, 0.5) is 0 Å². The zero-order valence-corrected chi connectivity index (χ0v) is 19.9. The molecule has 2 atom stereocenters. The number of likely N-dealkylation sites (N-methyl/N-ethyl adjacent to an activating group) is 1. The van der Waals surface area contributed by atoms with Crippen molar-refractivity contribution in [3.8, 4) is 0 Å². The van der Waals surface area contributed by atoms with Crippen LogP contribution in [-0.2, 0) is 32.5 Å². The summed E-state index contributed by atoms with van der Waals surface area (Å²) in [5.74, 6) is -1.87. The third-order valence-electron chi connectivity index (χ3n) is 5.61. The van der Waals surface area contributed by atoms with Gasteiger partial charge in [-0.25, -0.2) is 13.2 Å². The number of benzene rings is 3. The van der Waals surface area contributed by atoms with Crippen molar-refractivity contribution >= 4 is 21.9 Å². The zero-order chi connectivity index (χ0) is 24.7. The molecule has 0 aliphatic rings. The highest BCUT2D eigenvalue weighted by atomic mass is 32.2. The average Bonchev–Trinajstić information content (AvgIpc) is 2.83. The SMILES string of the molecule is Cc1ccc(S(=O)(=O)N(C)[C@@H](Cc2ccccc2)C(=O)NC(Cc2ccccc2)C(=O)O)cc1. The Morgan fingerprint density at radius 2 is 1.35 bits per heavy atom. The standard InChI is InChI=1S/C26H28N2O5S/c1-19-13-15-22(16-14-19)34(32,33)28(2)24(18-21-11-7-4-8-12-21)25(29)27-23(26(30)31)17-20-9-5-3-6-10-20/h3-16,23-24H,17-18H2,1-2H3,(H,27,29)(H,30,31)/t23?,24-/m0/s1. The molecular weight excluding hydrogens is 452 g/mol. The van der Waals surface area contributed by atoms with Crippen molar-refractivity contribution in [3.05, 3.63) is 102 Å². The first-order valence-electron chi connectivity index (χ1n) is 10.8. The molecule has 0 aromatic heterocycles. The van der Waals surface area contributed by atoms with Crippen molar-refractivity contribution in [2.45, 2.75) is 36.7 Å². The molecule has 0 saturated heterocycles. The molecule has 0 bridgehead atoms. The predicted molar refractivity (Wildman–Crippen MR) is 130 cm³/mol. The lowest BCUT2D eigenvalue weighted by Gasteiger charge is -2.28. The molecule has 2 N–H and O–H groups in total. The fourth-order valence-electron chi connectivity index (χ4n) is 3.59. The number of nitrogens with one attached hydrogen (secondary N) is 1. The molecule has 0 aliphatic heterocycles. The summed E-state index contributed by atoms with van der Waals surface area (Å²) in [6.07, 6.45) is 0.167. The van der Waals surface area contributed by atoms with E-state index >= 15 is 0 Å². The minimum Gasteiger partial charge on any atom is -0.480 e. The van der Waals surface area contributed by atoms with Crippen LogP contribution < -0.4 is 5.32 Å². The van der Waals surface area contributed by atoms with Crippen LogP contribution in [-0.4, -0.2) is 48.8 Å². The lowest BCUT2D eigenvalue weighted by atomic mass is 10.0. The van der Waals surface area contributed by atoms with Gasteiger partial charge in [0, 0.05) is 13.5 Å². The molecule has 3 rings (SSSR count). The quantitative estimate of drug-likeness (QED) is 0.464. The van der Waals surface area contributed by atoms with Gasteiger partial charge in [0.15, 0.2) is 0 Å². The van der Waals surface area contributed by atoms with Crippen molar-refractivity contribution in [2.24, 2.45) is 0 Å². The van der Waals surface area contributed by atoms with Crippen LogP contribution in [0.25, 0.3) is 0 Å². The molecule has 0 spiro atoms. The topological polar surface area (TPSA) is 104 Å². The number of aliphatic carboxylic acids is 1. The minimum atomic E-state index is -4.01. The second kappa shape index (κ2) is 11.1. The van der Waals surface area contributed by atoms with Crippen LogP contribution in [0, 0.1) is 6.92 Å². The van der Waals surface area contributed by atoms with Crippen LogP contribution in [0.1, 0.15) is 16.7 Å². The molecule has 0 radical (unpaired) electrons. The van der Waals surface area contributed by atoms with E-state index in [2.05, 4.69) is 5.32 Å². The fraction of sp³-hybridized carbons (Fsp3) is 0.231. The Labute approximate surface area is 200 Å². The molecule has 178 valence electrons. The third-order valence-corrected chi connectivity index (χ3v) is 7.49. The number of hydrogen-bond acceptors (Lipinski definition) is 4. The first-order valence-corrected chi connectivity index (χ1v) is 12.3. The molecule has 7 nitrogen and oxygen atoms in total. The van der Waals surface area contributed by atoms with E-state index in [1.807, 2.05) is 19.1 Å². The van der Waals surface area contributed by atoms with Gasteiger partial charge in [0.1, 0.15) is 12.1 Å². The van der Waals surface area contributed by atoms with Gasteiger partial charge in [0.2, 0.25) is 15.9 Å². The van der Waals surface area contributed by atoms with E-state index < -0.39 is 34.0 Å². The molecule has 1 unspecified atom stereocenters. The lowest BCUT2D eigenvalue weighted by molar-refractivity contribution is -0.142. The summed E-state index contributed by atoms with van der Waals surface area (Å²) in [5.41, 5.74) is 2.41. The Hall–Kier alpha value is -3.49. The molecule has 0 aliphatic carbocycles. The number of rotatable bonds is 10. The zero-order valence-electron chi connectivity index (χ0n) is 19.1. The summed E-state index contributed by atoms with van der Waals surface area (Å²) in [6.45, 7) is 1.85. The van der Waals surface area contributed by atoms with Gasteiger partial charge in [-0.3, -0.25) is 4.79 Å². The van der Waals surface area contributed by atoms with E-state index in [1.165, 1.54) is 19.2 Å². The normalized spacial score (nSPS) is 13.3. The van der Waals surface area contributed by atoms with Gasteiger partial charge in [-0.1, -0.05) is 78.4 Å². The third kappa shape index (κ3) is 6.30. The van der Waals surface area contributed by atoms with E-state index in [0.29, 0.717) is 0 Å². The number of carboxylic acid groups (broad SMARTS) is 1. The van der Waals surface area contributed by atoms with Crippen molar-refractivity contribution in [3.63, 3.8) is 0 Å². The van der Waals surface area contributed by atoms with Crippen LogP contribution in [0.15, 0.2) is 89.8 Å². The largest absolute Gasteiger partial charge is 0.480 e. The molecular formula is C26H28N2O5S. The number of carbonyl (C=O) groups is 2. The van der Waals surface area contributed by atoms with Gasteiger partial charge in [0.25, 0.3) is 0 Å². The predicted octanol–water partition coefficient (Wildman–Crippen LogP) is 3.04. The number of carboxylic acids is 1. The van der Waals surface area contributed by atoms with Gasteiger partial charge in [0.05, 0.1) is 4.90 Å². The van der Waals surface area contributed by atoms with Crippen LogP contribution in [0.5, 0.6) is 0 Å². The Bertz CT molecular complexity index is 1210.